The SMILES string of the molecule is CCCNc1c([N+](=O)[O-])cc(C(=O)NN)cc1[N+](=O)[O-]. The molecule has 1 aromatic rings. The van der Waals surface area contributed by atoms with Crippen molar-refractivity contribution in [1.29, 1.82) is 0 Å². The Morgan fingerprint density at radius 2 is 1.75 bits per heavy atom. The van der Waals surface area contributed by atoms with Crippen LogP contribution < -0.4 is 16.6 Å². The van der Waals surface area contributed by atoms with Crippen molar-refractivity contribution in [3.8, 4) is 0 Å². The van der Waals surface area contributed by atoms with Crippen molar-refractivity contribution in [3.63, 3.8) is 0 Å². The molecular formula is C10H13N5O5. The maximum absolute atomic E-state index is 11.4. The van der Waals surface area contributed by atoms with Crippen LogP contribution in [0.4, 0.5) is 17.1 Å². The molecule has 1 rings (SSSR count). The van der Waals surface area contributed by atoms with Crippen molar-refractivity contribution in [1.82, 2.24) is 5.43 Å². The lowest BCUT2D eigenvalue weighted by Gasteiger charge is -2.08. The zero-order valence-electron chi connectivity index (χ0n) is 10.6. The number of amides is 1. The Balaban J connectivity index is 3.50. The number of carbonyl (C=O) groups excluding carboxylic acids is 1. The van der Waals surface area contributed by atoms with E-state index in [1.54, 1.807) is 12.3 Å². The average molecular weight is 283 g/mol. The summed E-state index contributed by atoms with van der Waals surface area (Å²) in [5.74, 6) is 4.07. The highest BCUT2D eigenvalue weighted by molar-refractivity contribution is 5.97. The van der Waals surface area contributed by atoms with Gasteiger partial charge in [-0.2, -0.15) is 0 Å². The third kappa shape index (κ3) is 3.17. The second-order valence-corrected chi connectivity index (χ2v) is 3.80. The summed E-state index contributed by atoms with van der Waals surface area (Å²) in [5, 5.41) is 24.6. The molecule has 1 aromatic carbocycles. The maximum atomic E-state index is 11.4. The summed E-state index contributed by atoms with van der Waals surface area (Å²) in [4.78, 5) is 31.8. The molecule has 0 unspecified atom stereocenters. The topological polar surface area (TPSA) is 153 Å². The fraction of sp³-hybridized carbons (Fsp3) is 0.300. The normalized spacial score (nSPS) is 9.90. The van der Waals surface area contributed by atoms with Gasteiger partial charge >= 0.3 is 0 Å². The zero-order valence-corrected chi connectivity index (χ0v) is 10.6. The number of nitrogen functional groups attached to an aromatic ring is 1. The fourth-order valence-corrected chi connectivity index (χ4v) is 1.55. The number of anilines is 1. The second-order valence-electron chi connectivity index (χ2n) is 3.80. The molecule has 0 atom stereocenters. The summed E-state index contributed by atoms with van der Waals surface area (Å²) >= 11 is 0. The number of rotatable bonds is 6. The summed E-state index contributed by atoms with van der Waals surface area (Å²) in [6.45, 7) is 2.13. The first-order valence-corrected chi connectivity index (χ1v) is 5.64. The summed E-state index contributed by atoms with van der Waals surface area (Å²) in [7, 11) is 0. The predicted octanol–water partition coefficient (Wildman–Crippen LogP) is 0.928. The van der Waals surface area contributed by atoms with Gasteiger partial charge < -0.3 is 5.32 Å². The number of nitrogens with zero attached hydrogens (tertiary/aromatic N) is 2. The van der Waals surface area contributed by atoms with Gasteiger partial charge in [0, 0.05) is 18.7 Å². The lowest BCUT2D eigenvalue weighted by atomic mass is 10.1. The van der Waals surface area contributed by atoms with E-state index < -0.39 is 27.1 Å². The molecule has 1 amide bonds. The molecule has 0 fully saturated rings. The maximum Gasteiger partial charge on any atom is 0.300 e. The van der Waals surface area contributed by atoms with Crippen molar-refractivity contribution >= 4 is 23.0 Å². The number of hydrogen-bond acceptors (Lipinski definition) is 7. The van der Waals surface area contributed by atoms with Crippen molar-refractivity contribution in [2.75, 3.05) is 11.9 Å². The van der Waals surface area contributed by atoms with Gasteiger partial charge in [-0.05, 0) is 6.42 Å². The third-order valence-corrected chi connectivity index (χ3v) is 2.44. The number of benzene rings is 1. The van der Waals surface area contributed by atoms with E-state index in [2.05, 4.69) is 5.32 Å². The molecule has 20 heavy (non-hydrogen) atoms. The van der Waals surface area contributed by atoms with E-state index in [0.717, 1.165) is 12.1 Å². The first-order chi connectivity index (χ1) is 9.42. The molecule has 0 aliphatic heterocycles. The molecule has 0 radical (unpaired) electrons. The van der Waals surface area contributed by atoms with Gasteiger partial charge in [-0.1, -0.05) is 6.92 Å². The third-order valence-electron chi connectivity index (χ3n) is 2.44. The van der Waals surface area contributed by atoms with E-state index in [1.165, 1.54) is 0 Å². The van der Waals surface area contributed by atoms with Crippen molar-refractivity contribution < 1.29 is 14.6 Å². The molecule has 4 N–H and O–H groups in total. The Morgan fingerprint density at radius 3 is 2.10 bits per heavy atom. The standard InChI is InChI=1S/C10H13N5O5/c1-2-3-12-9-7(14(17)18)4-6(10(16)13-11)5-8(9)15(19)20/h4-5,12H,2-3,11H2,1H3,(H,13,16). The Kier molecular flexibility index (Phi) is 4.92. The van der Waals surface area contributed by atoms with Gasteiger partial charge in [0.2, 0.25) is 0 Å². The fourth-order valence-electron chi connectivity index (χ4n) is 1.55. The Hall–Kier alpha value is -2.75. The average Bonchev–Trinajstić information content (AvgIpc) is 2.42. The first-order valence-electron chi connectivity index (χ1n) is 5.64. The van der Waals surface area contributed by atoms with Crippen LogP contribution in [0, 0.1) is 20.2 Å². The van der Waals surface area contributed by atoms with E-state index in [-0.39, 0.29) is 11.3 Å². The summed E-state index contributed by atoms with van der Waals surface area (Å²) in [6, 6.07) is 1.88. The van der Waals surface area contributed by atoms with Crippen LogP contribution in [0.2, 0.25) is 0 Å². The molecule has 0 heterocycles. The molecule has 0 spiro atoms. The number of nitrogens with two attached hydrogens (primary N) is 1. The quantitative estimate of drug-likeness (QED) is 0.303. The number of hydrogen-bond donors (Lipinski definition) is 3. The zero-order chi connectivity index (χ0) is 15.3. The molecule has 0 aliphatic rings. The van der Waals surface area contributed by atoms with Gasteiger partial charge in [0.15, 0.2) is 5.69 Å². The smallest absolute Gasteiger partial charge is 0.300 e. The van der Waals surface area contributed by atoms with Crippen LogP contribution in [0.1, 0.15) is 23.7 Å². The predicted molar refractivity (Wildman–Crippen MR) is 70.2 cm³/mol. The molecular weight excluding hydrogens is 270 g/mol. The monoisotopic (exact) mass is 283 g/mol. The van der Waals surface area contributed by atoms with Crippen LogP contribution in [0.25, 0.3) is 0 Å². The minimum Gasteiger partial charge on any atom is -0.374 e. The Bertz CT molecular complexity index is 524. The Morgan fingerprint density at radius 1 is 1.25 bits per heavy atom. The summed E-state index contributed by atoms with van der Waals surface area (Å²) in [5.41, 5.74) is 0.189. The molecule has 0 aromatic heterocycles. The number of carbonyl (C=O) groups is 1. The van der Waals surface area contributed by atoms with E-state index in [4.69, 9.17) is 5.84 Å². The largest absolute Gasteiger partial charge is 0.374 e. The van der Waals surface area contributed by atoms with Gasteiger partial charge in [-0.15, -0.1) is 0 Å². The van der Waals surface area contributed by atoms with Crippen LogP contribution >= 0.6 is 0 Å². The highest BCUT2D eigenvalue weighted by Gasteiger charge is 2.28. The van der Waals surface area contributed by atoms with Crippen LogP contribution in [0.5, 0.6) is 0 Å². The Labute approximate surface area is 113 Å². The second kappa shape index (κ2) is 6.43. The van der Waals surface area contributed by atoms with Gasteiger partial charge in [-0.25, -0.2) is 5.84 Å². The minimum absolute atomic E-state index is 0.226. The molecule has 0 bridgehead atoms. The van der Waals surface area contributed by atoms with Gasteiger partial charge in [0.05, 0.1) is 15.4 Å². The number of hydrazine groups is 1. The molecule has 0 saturated carbocycles. The van der Waals surface area contributed by atoms with Crippen molar-refractivity contribution in [2.45, 2.75) is 13.3 Å². The minimum atomic E-state index is -0.849. The van der Waals surface area contributed by atoms with Crippen LogP contribution in [0.15, 0.2) is 12.1 Å². The van der Waals surface area contributed by atoms with Crippen LogP contribution in [-0.4, -0.2) is 22.3 Å². The van der Waals surface area contributed by atoms with E-state index in [9.17, 15) is 25.0 Å². The molecule has 0 saturated heterocycles. The van der Waals surface area contributed by atoms with Crippen molar-refractivity contribution in [2.24, 2.45) is 5.84 Å². The number of nitrogens with one attached hydrogen (secondary N) is 2. The number of nitro benzene ring substituents is 2. The van der Waals surface area contributed by atoms with Gasteiger partial charge in [-0.3, -0.25) is 30.4 Å². The lowest BCUT2D eigenvalue weighted by molar-refractivity contribution is -0.392. The molecule has 10 nitrogen and oxygen atoms in total. The van der Waals surface area contributed by atoms with Gasteiger partial charge in [0.1, 0.15) is 0 Å². The number of nitro groups is 2. The van der Waals surface area contributed by atoms with Gasteiger partial charge in [0.25, 0.3) is 17.3 Å². The van der Waals surface area contributed by atoms with Crippen molar-refractivity contribution in [3.05, 3.63) is 37.9 Å². The van der Waals surface area contributed by atoms with E-state index in [1.807, 2.05) is 0 Å². The highest BCUT2D eigenvalue weighted by atomic mass is 16.6. The molecule has 0 aliphatic carbocycles. The summed E-state index contributed by atoms with van der Waals surface area (Å²) < 4.78 is 0. The molecule has 108 valence electrons. The highest BCUT2D eigenvalue weighted by Crippen LogP contribution is 2.35. The summed E-state index contributed by atoms with van der Waals surface area (Å²) in [6.07, 6.45) is 0.624. The van der Waals surface area contributed by atoms with E-state index in [0.29, 0.717) is 13.0 Å². The van der Waals surface area contributed by atoms with E-state index >= 15 is 0 Å². The molecule has 10 heteroatoms. The van der Waals surface area contributed by atoms with Crippen LogP contribution in [0.3, 0.4) is 0 Å². The lowest BCUT2D eigenvalue weighted by Crippen LogP contribution is -2.30. The van der Waals surface area contributed by atoms with Crippen LogP contribution in [-0.2, 0) is 0 Å². The first kappa shape index (κ1) is 15.3.